The Morgan fingerprint density at radius 1 is 1.50 bits per heavy atom. The van der Waals surface area contributed by atoms with Gasteiger partial charge in [0.15, 0.2) is 0 Å². The Bertz CT molecular complexity index is 447. The lowest BCUT2D eigenvalue weighted by Crippen LogP contribution is -2.31. The lowest BCUT2D eigenvalue weighted by atomic mass is 10.4. The van der Waals surface area contributed by atoms with Gasteiger partial charge in [-0.2, -0.15) is 0 Å². The van der Waals surface area contributed by atoms with Gasteiger partial charge in [-0.1, -0.05) is 22.0 Å². The van der Waals surface area contributed by atoms with Crippen LogP contribution in [0.2, 0.25) is 0 Å². The van der Waals surface area contributed by atoms with Crippen LogP contribution in [0.5, 0.6) is 0 Å². The van der Waals surface area contributed by atoms with E-state index in [4.69, 9.17) is 4.74 Å². The van der Waals surface area contributed by atoms with Gasteiger partial charge in [-0.15, -0.1) is 0 Å². The van der Waals surface area contributed by atoms with E-state index in [2.05, 4.69) is 20.7 Å². The molecule has 0 amide bonds. The molecule has 0 aromatic heterocycles. The standard InChI is InChI=1S/C10H14BrNO3S/c1-8(15-2)7-12-16(13,14)10-5-3-4-9(11)6-10/h3-6,8,12H,7H2,1-2H3. The molecule has 1 N–H and O–H groups in total. The molecule has 0 saturated heterocycles. The maximum Gasteiger partial charge on any atom is 0.240 e. The normalized spacial score (nSPS) is 13.7. The van der Waals surface area contributed by atoms with Crippen molar-refractivity contribution in [1.29, 1.82) is 0 Å². The molecule has 1 aromatic carbocycles. The number of sulfonamides is 1. The van der Waals surface area contributed by atoms with Crippen LogP contribution in [-0.4, -0.2) is 28.2 Å². The molecular weight excluding hydrogens is 294 g/mol. The van der Waals surface area contributed by atoms with Gasteiger partial charge in [-0.05, 0) is 25.1 Å². The van der Waals surface area contributed by atoms with E-state index in [9.17, 15) is 8.42 Å². The first kappa shape index (κ1) is 13.6. The number of hydrogen-bond donors (Lipinski definition) is 1. The Balaban J connectivity index is 2.78. The third kappa shape index (κ3) is 3.86. The molecule has 1 unspecified atom stereocenters. The third-order valence-corrected chi connectivity index (χ3v) is 3.98. The smallest absolute Gasteiger partial charge is 0.240 e. The van der Waals surface area contributed by atoms with Crippen LogP contribution in [0.15, 0.2) is 33.6 Å². The van der Waals surface area contributed by atoms with Gasteiger partial charge in [0, 0.05) is 18.1 Å². The van der Waals surface area contributed by atoms with Crippen molar-refractivity contribution in [2.45, 2.75) is 17.9 Å². The van der Waals surface area contributed by atoms with Crippen LogP contribution in [-0.2, 0) is 14.8 Å². The van der Waals surface area contributed by atoms with Crippen LogP contribution in [0, 0.1) is 0 Å². The highest BCUT2D eigenvalue weighted by Gasteiger charge is 2.14. The van der Waals surface area contributed by atoms with Gasteiger partial charge >= 0.3 is 0 Å². The Morgan fingerprint density at radius 3 is 2.75 bits per heavy atom. The first-order valence-electron chi connectivity index (χ1n) is 4.74. The quantitative estimate of drug-likeness (QED) is 0.902. The summed E-state index contributed by atoms with van der Waals surface area (Å²) in [6, 6.07) is 6.56. The van der Waals surface area contributed by atoms with Gasteiger partial charge in [0.1, 0.15) is 0 Å². The van der Waals surface area contributed by atoms with Crippen LogP contribution in [0.3, 0.4) is 0 Å². The second-order valence-corrected chi connectivity index (χ2v) is 6.04. The summed E-state index contributed by atoms with van der Waals surface area (Å²) in [6.45, 7) is 2.05. The highest BCUT2D eigenvalue weighted by molar-refractivity contribution is 9.10. The van der Waals surface area contributed by atoms with E-state index in [0.717, 1.165) is 4.47 Å². The molecule has 16 heavy (non-hydrogen) atoms. The van der Waals surface area contributed by atoms with Gasteiger partial charge < -0.3 is 4.74 Å². The topological polar surface area (TPSA) is 55.4 Å². The average Bonchev–Trinajstić information content (AvgIpc) is 2.26. The third-order valence-electron chi connectivity index (χ3n) is 2.07. The molecule has 0 heterocycles. The zero-order valence-corrected chi connectivity index (χ0v) is 11.5. The summed E-state index contributed by atoms with van der Waals surface area (Å²) in [5.74, 6) is 0. The second-order valence-electron chi connectivity index (χ2n) is 3.36. The summed E-state index contributed by atoms with van der Waals surface area (Å²) in [5, 5.41) is 0. The van der Waals surface area contributed by atoms with E-state index >= 15 is 0 Å². The Kier molecular flexibility index (Phi) is 4.91. The Morgan fingerprint density at radius 2 is 2.19 bits per heavy atom. The largest absolute Gasteiger partial charge is 0.380 e. The minimum atomic E-state index is -3.45. The summed E-state index contributed by atoms with van der Waals surface area (Å²) in [6.07, 6.45) is -0.151. The number of ether oxygens (including phenoxy) is 1. The Hall–Kier alpha value is -0.430. The first-order valence-corrected chi connectivity index (χ1v) is 7.01. The minimum absolute atomic E-state index is 0.151. The molecule has 90 valence electrons. The number of halogens is 1. The predicted octanol–water partition coefficient (Wildman–Crippen LogP) is 1.76. The fraction of sp³-hybridized carbons (Fsp3) is 0.400. The monoisotopic (exact) mass is 307 g/mol. The molecule has 6 heteroatoms. The van der Waals surface area contributed by atoms with Crippen LogP contribution >= 0.6 is 15.9 Å². The fourth-order valence-electron chi connectivity index (χ4n) is 1.03. The lowest BCUT2D eigenvalue weighted by Gasteiger charge is -2.11. The maximum absolute atomic E-state index is 11.8. The van der Waals surface area contributed by atoms with Gasteiger partial charge in [-0.25, -0.2) is 13.1 Å². The van der Waals surface area contributed by atoms with E-state index in [1.807, 2.05) is 0 Å². The summed E-state index contributed by atoms with van der Waals surface area (Å²) in [4.78, 5) is 0.241. The van der Waals surface area contributed by atoms with Crippen LogP contribution < -0.4 is 4.72 Å². The molecule has 0 aliphatic rings. The van der Waals surface area contributed by atoms with Crippen LogP contribution in [0.4, 0.5) is 0 Å². The molecule has 0 saturated carbocycles. The summed E-state index contributed by atoms with van der Waals surface area (Å²) in [7, 11) is -1.91. The van der Waals surface area contributed by atoms with Crippen molar-refractivity contribution in [2.24, 2.45) is 0 Å². The predicted molar refractivity (Wildman–Crippen MR) is 65.8 cm³/mol. The lowest BCUT2D eigenvalue weighted by molar-refractivity contribution is 0.122. The molecule has 0 fully saturated rings. The first-order chi connectivity index (χ1) is 7.45. The van der Waals surface area contributed by atoms with Crippen molar-refractivity contribution in [3.05, 3.63) is 28.7 Å². The van der Waals surface area contributed by atoms with Gasteiger partial charge in [0.05, 0.1) is 11.0 Å². The summed E-state index contributed by atoms with van der Waals surface area (Å²) >= 11 is 3.23. The van der Waals surface area contributed by atoms with E-state index in [-0.39, 0.29) is 17.5 Å². The van der Waals surface area contributed by atoms with Crippen molar-refractivity contribution in [3.63, 3.8) is 0 Å². The molecule has 0 bridgehead atoms. The van der Waals surface area contributed by atoms with Crippen molar-refractivity contribution in [3.8, 4) is 0 Å². The molecule has 1 aromatic rings. The molecule has 1 rings (SSSR count). The molecular formula is C10H14BrNO3S. The number of hydrogen-bond acceptors (Lipinski definition) is 3. The fourth-order valence-corrected chi connectivity index (χ4v) is 2.74. The SMILES string of the molecule is COC(C)CNS(=O)(=O)c1cccc(Br)c1. The van der Waals surface area contributed by atoms with E-state index in [1.54, 1.807) is 31.2 Å². The zero-order chi connectivity index (χ0) is 12.2. The van der Waals surface area contributed by atoms with Crippen molar-refractivity contribution < 1.29 is 13.2 Å². The molecule has 0 radical (unpaired) electrons. The van der Waals surface area contributed by atoms with Crippen LogP contribution in [0.25, 0.3) is 0 Å². The highest BCUT2D eigenvalue weighted by Crippen LogP contribution is 2.15. The van der Waals surface area contributed by atoms with Gasteiger partial charge in [0.2, 0.25) is 10.0 Å². The highest BCUT2D eigenvalue weighted by atomic mass is 79.9. The maximum atomic E-state index is 11.8. The van der Waals surface area contributed by atoms with Crippen molar-refractivity contribution >= 4 is 26.0 Å². The van der Waals surface area contributed by atoms with E-state index < -0.39 is 10.0 Å². The van der Waals surface area contributed by atoms with Gasteiger partial charge in [-0.3, -0.25) is 0 Å². The molecule has 1 atom stereocenters. The molecule has 0 aliphatic heterocycles. The molecule has 0 spiro atoms. The second kappa shape index (κ2) is 5.77. The number of nitrogens with one attached hydrogen (secondary N) is 1. The summed E-state index contributed by atoms with van der Waals surface area (Å²) in [5.41, 5.74) is 0. The average molecular weight is 308 g/mol. The number of benzene rings is 1. The summed E-state index contributed by atoms with van der Waals surface area (Å²) < 4.78 is 31.8. The van der Waals surface area contributed by atoms with E-state index in [0.29, 0.717) is 0 Å². The van der Waals surface area contributed by atoms with Crippen LogP contribution in [0.1, 0.15) is 6.92 Å². The minimum Gasteiger partial charge on any atom is -0.380 e. The van der Waals surface area contributed by atoms with Crippen molar-refractivity contribution in [1.82, 2.24) is 4.72 Å². The number of methoxy groups -OCH3 is 1. The Labute approximate surface area is 104 Å². The zero-order valence-electron chi connectivity index (χ0n) is 9.10. The molecule has 0 aliphatic carbocycles. The van der Waals surface area contributed by atoms with Crippen molar-refractivity contribution in [2.75, 3.05) is 13.7 Å². The van der Waals surface area contributed by atoms with Gasteiger partial charge in [0.25, 0.3) is 0 Å². The van der Waals surface area contributed by atoms with E-state index in [1.165, 1.54) is 7.11 Å². The number of rotatable bonds is 5. The molecule has 4 nitrogen and oxygen atoms in total.